The SMILES string of the molecule is CCC(C)C(C(=O)N(CC)C(C)CC)C(C)C. The maximum Gasteiger partial charge on any atom is 0.226 e. The second-order valence-corrected chi connectivity index (χ2v) is 5.54. The first-order valence-corrected chi connectivity index (χ1v) is 7.20. The number of carbonyl (C=O) groups excluding carboxylic acids is 1. The van der Waals surface area contributed by atoms with Crippen molar-refractivity contribution in [2.24, 2.45) is 17.8 Å². The summed E-state index contributed by atoms with van der Waals surface area (Å²) in [6.07, 6.45) is 2.11. The molecule has 3 unspecified atom stereocenters. The molecule has 0 aromatic heterocycles. The minimum Gasteiger partial charge on any atom is -0.340 e. The van der Waals surface area contributed by atoms with Crippen molar-refractivity contribution < 1.29 is 4.79 Å². The molecule has 3 atom stereocenters. The third-order valence-corrected chi connectivity index (χ3v) is 4.01. The van der Waals surface area contributed by atoms with Gasteiger partial charge in [-0.25, -0.2) is 0 Å². The molecule has 0 aliphatic heterocycles. The first-order valence-electron chi connectivity index (χ1n) is 7.20. The molecule has 0 heterocycles. The van der Waals surface area contributed by atoms with E-state index in [0.717, 1.165) is 19.4 Å². The normalized spacial score (nSPS) is 16.7. The summed E-state index contributed by atoms with van der Waals surface area (Å²) in [5.74, 6) is 1.43. The Balaban J connectivity index is 4.92. The largest absolute Gasteiger partial charge is 0.340 e. The molecule has 0 radical (unpaired) electrons. The van der Waals surface area contributed by atoms with E-state index in [1.54, 1.807) is 0 Å². The first kappa shape index (κ1) is 16.5. The monoisotopic (exact) mass is 241 g/mol. The van der Waals surface area contributed by atoms with Crippen LogP contribution in [-0.4, -0.2) is 23.4 Å². The average molecular weight is 241 g/mol. The summed E-state index contributed by atoms with van der Waals surface area (Å²) in [7, 11) is 0. The molecule has 17 heavy (non-hydrogen) atoms. The smallest absolute Gasteiger partial charge is 0.226 e. The van der Waals surface area contributed by atoms with Gasteiger partial charge in [0, 0.05) is 18.5 Å². The molecule has 0 aliphatic rings. The fourth-order valence-electron chi connectivity index (χ4n) is 2.54. The Kier molecular flexibility index (Phi) is 7.49. The van der Waals surface area contributed by atoms with Gasteiger partial charge in [-0.2, -0.15) is 0 Å². The Morgan fingerprint density at radius 1 is 1.00 bits per heavy atom. The van der Waals surface area contributed by atoms with Crippen LogP contribution in [0, 0.1) is 17.8 Å². The third kappa shape index (κ3) is 4.33. The number of hydrogen-bond acceptors (Lipinski definition) is 1. The highest BCUT2D eigenvalue weighted by atomic mass is 16.2. The number of nitrogens with zero attached hydrogens (tertiary/aromatic N) is 1. The summed E-state index contributed by atoms with van der Waals surface area (Å²) < 4.78 is 0. The van der Waals surface area contributed by atoms with Crippen molar-refractivity contribution in [2.45, 2.75) is 67.3 Å². The standard InChI is InChI=1S/C15H31NO/c1-8-12(6)14(11(4)5)15(17)16(10-3)13(7)9-2/h11-14H,8-10H2,1-7H3. The van der Waals surface area contributed by atoms with Gasteiger partial charge >= 0.3 is 0 Å². The van der Waals surface area contributed by atoms with Gasteiger partial charge in [0.25, 0.3) is 0 Å². The number of hydrogen-bond donors (Lipinski definition) is 0. The summed E-state index contributed by atoms with van der Waals surface area (Å²) >= 11 is 0. The van der Waals surface area contributed by atoms with Gasteiger partial charge in [-0.1, -0.05) is 41.0 Å². The first-order chi connectivity index (χ1) is 7.90. The van der Waals surface area contributed by atoms with Gasteiger partial charge in [-0.3, -0.25) is 4.79 Å². The Morgan fingerprint density at radius 3 is 1.82 bits per heavy atom. The molecule has 1 amide bonds. The van der Waals surface area contributed by atoms with Gasteiger partial charge < -0.3 is 4.90 Å². The topological polar surface area (TPSA) is 20.3 Å². The summed E-state index contributed by atoms with van der Waals surface area (Å²) in [6.45, 7) is 15.9. The lowest BCUT2D eigenvalue weighted by Crippen LogP contribution is -2.45. The average Bonchev–Trinajstić information content (AvgIpc) is 2.29. The molecule has 0 spiro atoms. The molecule has 0 bridgehead atoms. The molecule has 0 aliphatic carbocycles. The van der Waals surface area contributed by atoms with Crippen LogP contribution >= 0.6 is 0 Å². The van der Waals surface area contributed by atoms with E-state index in [2.05, 4.69) is 53.4 Å². The molecule has 0 N–H and O–H groups in total. The van der Waals surface area contributed by atoms with Crippen LogP contribution < -0.4 is 0 Å². The number of rotatable bonds is 7. The van der Waals surface area contributed by atoms with Crippen LogP contribution in [0.25, 0.3) is 0 Å². The summed E-state index contributed by atoms with van der Waals surface area (Å²) in [4.78, 5) is 14.7. The van der Waals surface area contributed by atoms with Crippen LogP contribution in [0.2, 0.25) is 0 Å². The second-order valence-electron chi connectivity index (χ2n) is 5.54. The predicted octanol–water partition coefficient (Wildman–Crippen LogP) is 3.95. The maximum absolute atomic E-state index is 12.6. The van der Waals surface area contributed by atoms with Crippen LogP contribution in [0.4, 0.5) is 0 Å². The fourth-order valence-corrected chi connectivity index (χ4v) is 2.54. The summed E-state index contributed by atoms with van der Waals surface area (Å²) in [5.41, 5.74) is 0. The quantitative estimate of drug-likeness (QED) is 0.661. The van der Waals surface area contributed by atoms with Crippen LogP contribution in [0.3, 0.4) is 0 Å². The fraction of sp³-hybridized carbons (Fsp3) is 0.933. The highest BCUT2D eigenvalue weighted by Gasteiger charge is 2.31. The van der Waals surface area contributed by atoms with E-state index in [1.165, 1.54) is 0 Å². The molecule has 2 nitrogen and oxygen atoms in total. The van der Waals surface area contributed by atoms with E-state index >= 15 is 0 Å². The van der Waals surface area contributed by atoms with Gasteiger partial charge in [0.1, 0.15) is 0 Å². The lowest BCUT2D eigenvalue weighted by Gasteiger charge is -2.35. The van der Waals surface area contributed by atoms with E-state index < -0.39 is 0 Å². The van der Waals surface area contributed by atoms with Crippen LogP contribution in [0.15, 0.2) is 0 Å². The molecule has 102 valence electrons. The van der Waals surface area contributed by atoms with Gasteiger partial charge in [0.05, 0.1) is 0 Å². The Bertz CT molecular complexity index is 225. The summed E-state index contributed by atoms with van der Waals surface area (Å²) in [5, 5.41) is 0. The molecular weight excluding hydrogens is 210 g/mol. The second kappa shape index (κ2) is 7.73. The maximum atomic E-state index is 12.6. The molecule has 0 aromatic rings. The van der Waals surface area contributed by atoms with E-state index in [1.807, 2.05) is 0 Å². The van der Waals surface area contributed by atoms with Crippen molar-refractivity contribution in [1.82, 2.24) is 4.90 Å². The minimum atomic E-state index is 0.175. The lowest BCUT2D eigenvalue weighted by atomic mass is 9.81. The van der Waals surface area contributed by atoms with Crippen molar-refractivity contribution in [3.8, 4) is 0 Å². The van der Waals surface area contributed by atoms with Crippen LogP contribution in [0.1, 0.15) is 61.3 Å². The van der Waals surface area contributed by atoms with Crippen LogP contribution in [0.5, 0.6) is 0 Å². The van der Waals surface area contributed by atoms with Gasteiger partial charge in [-0.15, -0.1) is 0 Å². The Morgan fingerprint density at radius 2 is 1.53 bits per heavy atom. The van der Waals surface area contributed by atoms with E-state index in [9.17, 15) is 4.79 Å². The Hall–Kier alpha value is -0.530. The molecule has 0 fully saturated rings. The zero-order valence-electron chi connectivity index (χ0n) is 12.8. The lowest BCUT2D eigenvalue weighted by molar-refractivity contribution is -0.140. The molecule has 0 aromatic carbocycles. The third-order valence-electron chi connectivity index (χ3n) is 4.01. The van der Waals surface area contributed by atoms with Crippen molar-refractivity contribution >= 4 is 5.91 Å². The van der Waals surface area contributed by atoms with Crippen molar-refractivity contribution in [3.63, 3.8) is 0 Å². The predicted molar refractivity (Wildman–Crippen MR) is 74.9 cm³/mol. The van der Waals surface area contributed by atoms with Crippen molar-refractivity contribution in [3.05, 3.63) is 0 Å². The summed E-state index contributed by atoms with van der Waals surface area (Å²) in [6, 6.07) is 0.359. The van der Waals surface area contributed by atoms with Crippen molar-refractivity contribution in [1.29, 1.82) is 0 Å². The molecule has 2 heteroatoms. The van der Waals surface area contributed by atoms with Crippen molar-refractivity contribution in [2.75, 3.05) is 6.54 Å². The van der Waals surface area contributed by atoms with Gasteiger partial charge in [0.15, 0.2) is 0 Å². The highest BCUT2D eigenvalue weighted by molar-refractivity contribution is 5.79. The van der Waals surface area contributed by atoms with E-state index in [4.69, 9.17) is 0 Å². The molecular formula is C15H31NO. The molecule has 0 rings (SSSR count). The van der Waals surface area contributed by atoms with Gasteiger partial charge in [0.2, 0.25) is 5.91 Å². The number of carbonyl (C=O) groups is 1. The van der Waals surface area contributed by atoms with Gasteiger partial charge in [-0.05, 0) is 32.1 Å². The number of amides is 1. The van der Waals surface area contributed by atoms with E-state index in [-0.39, 0.29) is 5.92 Å². The molecule has 0 saturated carbocycles. The highest BCUT2D eigenvalue weighted by Crippen LogP contribution is 2.26. The zero-order valence-corrected chi connectivity index (χ0v) is 12.8. The Labute approximate surface area is 108 Å². The minimum absolute atomic E-state index is 0.175. The zero-order chi connectivity index (χ0) is 13.6. The molecule has 0 saturated heterocycles. The van der Waals surface area contributed by atoms with Crippen LogP contribution in [-0.2, 0) is 4.79 Å². The van der Waals surface area contributed by atoms with E-state index in [0.29, 0.717) is 23.8 Å².